The van der Waals surface area contributed by atoms with E-state index < -0.39 is 0 Å². The molecule has 4 nitrogen and oxygen atoms in total. The van der Waals surface area contributed by atoms with Crippen LogP contribution in [0.25, 0.3) is 0 Å². The minimum atomic E-state index is 0.378. The van der Waals surface area contributed by atoms with Gasteiger partial charge >= 0.3 is 0 Å². The molecule has 5 heteroatoms. The standard InChI is InChI=1S/C14H12BrNO3/c1-18-13-6-11(8-17)5-12(15)14(13)19-9-10-3-2-4-16-7-10/h2-8H,9H2,1H3. The third-order valence-corrected chi connectivity index (χ3v) is 3.08. The van der Waals surface area contributed by atoms with E-state index in [1.807, 2.05) is 12.1 Å². The number of ether oxygens (including phenoxy) is 2. The molecule has 98 valence electrons. The molecule has 1 aromatic heterocycles. The van der Waals surface area contributed by atoms with Gasteiger partial charge in [-0.1, -0.05) is 6.07 Å². The number of aldehydes is 1. The molecule has 0 spiro atoms. The lowest BCUT2D eigenvalue weighted by molar-refractivity contribution is 0.112. The summed E-state index contributed by atoms with van der Waals surface area (Å²) in [5.74, 6) is 1.08. The van der Waals surface area contributed by atoms with E-state index in [9.17, 15) is 4.79 Å². The molecule has 0 aliphatic heterocycles. The van der Waals surface area contributed by atoms with Crippen LogP contribution in [0.15, 0.2) is 41.1 Å². The van der Waals surface area contributed by atoms with Gasteiger partial charge in [-0.2, -0.15) is 0 Å². The van der Waals surface area contributed by atoms with Crippen molar-refractivity contribution in [2.75, 3.05) is 7.11 Å². The van der Waals surface area contributed by atoms with Gasteiger partial charge in [-0.05, 0) is 34.1 Å². The van der Waals surface area contributed by atoms with E-state index in [1.54, 1.807) is 24.5 Å². The van der Waals surface area contributed by atoms with Crippen molar-refractivity contribution in [3.8, 4) is 11.5 Å². The smallest absolute Gasteiger partial charge is 0.175 e. The summed E-state index contributed by atoms with van der Waals surface area (Å²) in [7, 11) is 1.54. The fraction of sp³-hybridized carbons (Fsp3) is 0.143. The molecule has 2 aromatic rings. The fourth-order valence-electron chi connectivity index (χ4n) is 1.59. The molecule has 2 rings (SSSR count). The van der Waals surface area contributed by atoms with Crippen molar-refractivity contribution in [2.24, 2.45) is 0 Å². The summed E-state index contributed by atoms with van der Waals surface area (Å²) < 4.78 is 11.6. The van der Waals surface area contributed by atoms with Gasteiger partial charge in [0.15, 0.2) is 11.5 Å². The van der Waals surface area contributed by atoms with E-state index in [-0.39, 0.29) is 0 Å². The van der Waals surface area contributed by atoms with Gasteiger partial charge in [0.1, 0.15) is 12.9 Å². The second kappa shape index (κ2) is 6.33. The average molecular weight is 322 g/mol. The predicted molar refractivity (Wildman–Crippen MR) is 74.7 cm³/mol. The Labute approximate surface area is 119 Å². The predicted octanol–water partition coefficient (Wildman–Crippen LogP) is 3.24. The summed E-state index contributed by atoms with van der Waals surface area (Å²) in [6.45, 7) is 0.378. The van der Waals surface area contributed by atoms with Gasteiger partial charge in [0.2, 0.25) is 0 Å². The van der Waals surface area contributed by atoms with E-state index >= 15 is 0 Å². The van der Waals surface area contributed by atoms with Crippen LogP contribution >= 0.6 is 15.9 Å². The Kier molecular flexibility index (Phi) is 4.52. The Hall–Kier alpha value is -1.88. The fourth-order valence-corrected chi connectivity index (χ4v) is 2.16. The summed E-state index contributed by atoms with van der Waals surface area (Å²) in [6.07, 6.45) is 4.21. The SMILES string of the molecule is COc1cc(C=O)cc(Br)c1OCc1cccnc1. The van der Waals surface area contributed by atoms with Crippen LogP contribution in [0.2, 0.25) is 0 Å². The van der Waals surface area contributed by atoms with Crippen molar-refractivity contribution < 1.29 is 14.3 Å². The highest BCUT2D eigenvalue weighted by Crippen LogP contribution is 2.36. The highest BCUT2D eigenvalue weighted by Gasteiger charge is 2.11. The Morgan fingerprint density at radius 3 is 2.89 bits per heavy atom. The maximum absolute atomic E-state index is 10.8. The summed E-state index contributed by atoms with van der Waals surface area (Å²) in [5, 5.41) is 0. The number of hydrogen-bond donors (Lipinski definition) is 0. The number of carbonyl (C=O) groups excluding carboxylic acids is 1. The minimum absolute atomic E-state index is 0.378. The molecule has 19 heavy (non-hydrogen) atoms. The van der Waals surface area contributed by atoms with Crippen LogP contribution in [0.3, 0.4) is 0 Å². The lowest BCUT2D eigenvalue weighted by atomic mass is 10.2. The van der Waals surface area contributed by atoms with E-state index in [0.717, 1.165) is 11.8 Å². The molecule has 0 aliphatic rings. The van der Waals surface area contributed by atoms with Crippen LogP contribution in [0.5, 0.6) is 11.5 Å². The highest BCUT2D eigenvalue weighted by atomic mass is 79.9. The zero-order chi connectivity index (χ0) is 13.7. The minimum Gasteiger partial charge on any atom is -0.493 e. The Morgan fingerprint density at radius 2 is 2.26 bits per heavy atom. The van der Waals surface area contributed by atoms with Crippen molar-refractivity contribution in [3.63, 3.8) is 0 Å². The largest absolute Gasteiger partial charge is 0.493 e. The number of rotatable bonds is 5. The molecular weight excluding hydrogens is 310 g/mol. The first-order chi connectivity index (χ1) is 9.24. The summed E-state index contributed by atoms with van der Waals surface area (Å²) >= 11 is 3.37. The van der Waals surface area contributed by atoms with E-state index in [1.165, 1.54) is 7.11 Å². The van der Waals surface area contributed by atoms with Gasteiger partial charge in [0.25, 0.3) is 0 Å². The quantitative estimate of drug-likeness (QED) is 0.793. The number of pyridine rings is 1. The Balaban J connectivity index is 2.22. The monoisotopic (exact) mass is 321 g/mol. The third kappa shape index (κ3) is 3.32. The van der Waals surface area contributed by atoms with Crippen molar-refractivity contribution in [1.29, 1.82) is 0 Å². The van der Waals surface area contributed by atoms with Crippen LogP contribution < -0.4 is 9.47 Å². The molecule has 0 aliphatic carbocycles. The molecule has 0 saturated heterocycles. The molecule has 0 N–H and O–H groups in total. The lowest BCUT2D eigenvalue weighted by Crippen LogP contribution is -1.99. The summed E-state index contributed by atoms with van der Waals surface area (Å²) in [5.41, 5.74) is 1.48. The lowest BCUT2D eigenvalue weighted by Gasteiger charge is -2.13. The van der Waals surface area contributed by atoms with Gasteiger partial charge in [0.05, 0.1) is 11.6 Å². The van der Waals surface area contributed by atoms with Gasteiger partial charge < -0.3 is 9.47 Å². The number of carbonyl (C=O) groups is 1. The van der Waals surface area contributed by atoms with Gasteiger partial charge in [-0.3, -0.25) is 9.78 Å². The molecule has 0 bridgehead atoms. The molecule has 0 atom stereocenters. The molecule has 1 heterocycles. The van der Waals surface area contributed by atoms with Crippen molar-refractivity contribution >= 4 is 22.2 Å². The molecular formula is C14H12BrNO3. The van der Waals surface area contributed by atoms with Crippen LogP contribution in [0.4, 0.5) is 0 Å². The topological polar surface area (TPSA) is 48.4 Å². The zero-order valence-corrected chi connectivity index (χ0v) is 11.9. The van der Waals surface area contributed by atoms with Gasteiger partial charge in [-0.25, -0.2) is 0 Å². The number of hydrogen-bond acceptors (Lipinski definition) is 4. The van der Waals surface area contributed by atoms with Crippen molar-refractivity contribution in [3.05, 3.63) is 52.3 Å². The van der Waals surface area contributed by atoms with Crippen LogP contribution in [0.1, 0.15) is 15.9 Å². The number of halogens is 1. The second-order valence-electron chi connectivity index (χ2n) is 3.80. The van der Waals surface area contributed by atoms with Crippen LogP contribution in [0, 0.1) is 0 Å². The van der Waals surface area contributed by atoms with Gasteiger partial charge in [-0.15, -0.1) is 0 Å². The normalized spacial score (nSPS) is 10.0. The molecule has 0 amide bonds. The maximum atomic E-state index is 10.8. The number of methoxy groups -OCH3 is 1. The van der Waals surface area contributed by atoms with Crippen LogP contribution in [-0.2, 0) is 6.61 Å². The van der Waals surface area contributed by atoms with Crippen LogP contribution in [-0.4, -0.2) is 18.4 Å². The molecule has 0 unspecified atom stereocenters. The van der Waals surface area contributed by atoms with E-state index in [4.69, 9.17) is 9.47 Å². The second-order valence-corrected chi connectivity index (χ2v) is 4.66. The number of aromatic nitrogens is 1. The Morgan fingerprint density at radius 1 is 1.42 bits per heavy atom. The maximum Gasteiger partial charge on any atom is 0.175 e. The molecule has 0 radical (unpaired) electrons. The molecule has 0 fully saturated rings. The summed E-state index contributed by atoms with van der Waals surface area (Å²) in [6, 6.07) is 7.10. The van der Waals surface area contributed by atoms with Gasteiger partial charge in [0, 0.05) is 23.5 Å². The number of nitrogens with zero attached hydrogens (tertiary/aromatic N) is 1. The highest BCUT2D eigenvalue weighted by molar-refractivity contribution is 9.10. The Bertz CT molecular complexity index is 572. The zero-order valence-electron chi connectivity index (χ0n) is 10.3. The molecule has 0 saturated carbocycles. The first-order valence-corrected chi connectivity index (χ1v) is 6.38. The third-order valence-electron chi connectivity index (χ3n) is 2.49. The number of benzene rings is 1. The van der Waals surface area contributed by atoms with Crippen molar-refractivity contribution in [2.45, 2.75) is 6.61 Å². The van der Waals surface area contributed by atoms with E-state index in [0.29, 0.717) is 28.1 Å². The summed E-state index contributed by atoms with van der Waals surface area (Å²) in [4.78, 5) is 14.8. The average Bonchev–Trinajstić information content (AvgIpc) is 2.46. The first-order valence-electron chi connectivity index (χ1n) is 5.59. The molecule has 1 aromatic carbocycles. The first kappa shape index (κ1) is 13.5. The van der Waals surface area contributed by atoms with Crippen molar-refractivity contribution in [1.82, 2.24) is 4.98 Å². The van der Waals surface area contributed by atoms with E-state index in [2.05, 4.69) is 20.9 Å².